The Morgan fingerprint density at radius 2 is 1.47 bits per heavy atom. The third-order valence-electron chi connectivity index (χ3n) is 6.79. The second-order valence-corrected chi connectivity index (χ2v) is 11.5. The average Bonchev–Trinajstić information content (AvgIpc) is 3.28. The number of sulfonamides is 1. The molecule has 2 heterocycles. The van der Waals surface area contributed by atoms with Crippen LogP contribution < -0.4 is 5.32 Å². The van der Waals surface area contributed by atoms with Gasteiger partial charge in [0.05, 0.1) is 4.90 Å². The fourth-order valence-corrected chi connectivity index (χ4v) is 6.48. The predicted octanol–water partition coefficient (Wildman–Crippen LogP) is 3.64. The minimum absolute atomic E-state index is 0.0366. The SMILES string of the molecule is Cc1ccc(S(=O)(=O)N2CCC(C(=O)N3CCC[C@H]3C(=O)Nc3cc(C)cc(C)c3)CC2)cc1. The number of amides is 2. The minimum Gasteiger partial charge on any atom is -0.330 e. The Morgan fingerprint density at radius 1 is 0.853 bits per heavy atom. The van der Waals surface area contributed by atoms with Crippen molar-refractivity contribution in [3.05, 3.63) is 59.2 Å². The highest BCUT2D eigenvalue weighted by Gasteiger charge is 2.39. The molecule has 1 atom stereocenters. The van der Waals surface area contributed by atoms with E-state index in [0.29, 0.717) is 38.9 Å². The van der Waals surface area contributed by atoms with E-state index in [0.717, 1.165) is 28.8 Å². The first-order valence-corrected chi connectivity index (χ1v) is 13.4. The second-order valence-electron chi connectivity index (χ2n) is 9.55. The fourth-order valence-electron chi connectivity index (χ4n) is 5.01. The minimum atomic E-state index is -3.57. The molecule has 2 fully saturated rings. The van der Waals surface area contributed by atoms with Gasteiger partial charge in [0.25, 0.3) is 0 Å². The van der Waals surface area contributed by atoms with Gasteiger partial charge in [0.1, 0.15) is 6.04 Å². The molecule has 4 rings (SSSR count). The third-order valence-corrected chi connectivity index (χ3v) is 8.70. The molecule has 0 aliphatic carbocycles. The summed E-state index contributed by atoms with van der Waals surface area (Å²) in [7, 11) is -3.57. The molecule has 0 unspecified atom stereocenters. The van der Waals surface area contributed by atoms with E-state index in [1.807, 2.05) is 39.0 Å². The molecular weight excluding hydrogens is 450 g/mol. The maximum Gasteiger partial charge on any atom is 0.247 e. The number of hydrogen-bond donors (Lipinski definition) is 1. The number of likely N-dealkylation sites (tertiary alicyclic amines) is 1. The molecule has 8 heteroatoms. The molecule has 182 valence electrons. The third kappa shape index (κ3) is 5.18. The molecule has 2 aliphatic heterocycles. The van der Waals surface area contributed by atoms with Crippen molar-refractivity contribution in [2.24, 2.45) is 5.92 Å². The van der Waals surface area contributed by atoms with Gasteiger partial charge in [-0.3, -0.25) is 9.59 Å². The van der Waals surface area contributed by atoms with Crippen LogP contribution in [0.1, 0.15) is 42.4 Å². The Balaban J connectivity index is 1.38. The quantitative estimate of drug-likeness (QED) is 0.703. The lowest BCUT2D eigenvalue weighted by Crippen LogP contribution is -2.48. The molecule has 2 saturated heterocycles. The van der Waals surface area contributed by atoms with E-state index in [1.54, 1.807) is 29.2 Å². The summed E-state index contributed by atoms with van der Waals surface area (Å²) in [4.78, 5) is 28.3. The van der Waals surface area contributed by atoms with Crippen LogP contribution in [0.25, 0.3) is 0 Å². The van der Waals surface area contributed by atoms with Crippen molar-refractivity contribution in [2.45, 2.75) is 57.4 Å². The maximum absolute atomic E-state index is 13.3. The first kappa shape index (κ1) is 24.4. The van der Waals surface area contributed by atoms with Crippen molar-refractivity contribution < 1.29 is 18.0 Å². The van der Waals surface area contributed by atoms with Gasteiger partial charge in [-0.1, -0.05) is 23.8 Å². The number of anilines is 1. The maximum atomic E-state index is 13.3. The number of carbonyl (C=O) groups is 2. The summed E-state index contributed by atoms with van der Waals surface area (Å²) in [6.07, 6.45) is 2.36. The van der Waals surface area contributed by atoms with Crippen molar-refractivity contribution in [2.75, 3.05) is 25.0 Å². The molecule has 0 radical (unpaired) electrons. The molecule has 7 nitrogen and oxygen atoms in total. The number of carbonyl (C=O) groups excluding carboxylic acids is 2. The first-order chi connectivity index (χ1) is 16.1. The van der Waals surface area contributed by atoms with Gasteiger partial charge in [0.2, 0.25) is 21.8 Å². The van der Waals surface area contributed by atoms with Gasteiger partial charge < -0.3 is 10.2 Å². The van der Waals surface area contributed by atoms with E-state index in [1.165, 1.54) is 4.31 Å². The lowest BCUT2D eigenvalue weighted by atomic mass is 9.96. The summed E-state index contributed by atoms with van der Waals surface area (Å²) in [5, 5.41) is 2.98. The van der Waals surface area contributed by atoms with Gasteiger partial charge in [-0.05, 0) is 81.8 Å². The summed E-state index contributed by atoms with van der Waals surface area (Å²) in [6.45, 7) is 7.06. The highest BCUT2D eigenvalue weighted by atomic mass is 32.2. The van der Waals surface area contributed by atoms with Crippen LogP contribution in [-0.4, -0.2) is 55.1 Å². The Morgan fingerprint density at radius 3 is 2.09 bits per heavy atom. The Labute approximate surface area is 202 Å². The van der Waals surface area contributed by atoms with E-state index >= 15 is 0 Å². The normalized spacial score (nSPS) is 19.9. The van der Waals surface area contributed by atoms with Crippen molar-refractivity contribution in [1.29, 1.82) is 0 Å². The lowest BCUT2D eigenvalue weighted by Gasteiger charge is -2.34. The van der Waals surface area contributed by atoms with Gasteiger partial charge in [-0.2, -0.15) is 4.31 Å². The molecular formula is C26H33N3O4S. The number of aryl methyl sites for hydroxylation is 3. The molecule has 0 bridgehead atoms. The van der Waals surface area contributed by atoms with Crippen molar-refractivity contribution >= 4 is 27.5 Å². The summed E-state index contributed by atoms with van der Waals surface area (Å²) >= 11 is 0. The average molecular weight is 484 g/mol. The largest absolute Gasteiger partial charge is 0.330 e. The molecule has 2 aliphatic rings. The number of rotatable bonds is 5. The van der Waals surface area contributed by atoms with Gasteiger partial charge in [-0.15, -0.1) is 0 Å². The van der Waals surface area contributed by atoms with Crippen molar-refractivity contribution in [1.82, 2.24) is 9.21 Å². The second kappa shape index (κ2) is 9.88. The summed E-state index contributed by atoms with van der Waals surface area (Å²) in [5.74, 6) is -0.459. The molecule has 0 aromatic heterocycles. The monoisotopic (exact) mass is 483 g/mol. The Bertz CT molecular complexity index is 1150. The van der Waals surface area contributed by atoms with Gasteiger partial charge in [-0.25, -0.2) is 8.42 Å². The topological polar surface area (TPSA) is 86.8 Å². The van der Waals surface area contributed by atoms with E-state index in [-0.39, 0.29) is 22.6 Å². The molecule has 0 spiro atoms. The van der Waals surface area contributed by atoms with Crippen LogP contribution in [0.2, 0.25) is 0 Å². The van der Waals surface area contributed by atoms with Crippen LogP contribution in [0.4, 0.5) is 5.69 Å². The first-order valence-electron chi connectivity index (χ1n) is 11.9. The molecule has 2 amide bonds. The molecule has 34 heavy (non-hydrogen) atoms. The zero-order chi connectivity index (χ0) is 24.5. The standard InChI is InChI=1S/C26H33N3O4S/c1-18-6-8-23(9-7-18)34(32,33)28-13-10-21(11-14-28)26(31)29-12-4-5-24(29)25(30)27-22-16-19(2)15-20(3)17-22/h6-9,15-17,21,24H,4-5,10-14H2,1-3H3,(H,27,30)/t24-/m0/s1. The van der Waals surface area contributed by atoms with E-state index in [4.69, 9.17) is 0 Å². The Kier molecular flexibility index (Phi) is 7.09. The van der Waals surface area contributed by atoms with Gasteiger partial charge in [0, 0.05) is 31.2 Å². The highest BCUT2D eigenvalue weighted by molar-refractivity contribution is 7.89. The van der Waals surface area contributed by atoms with Crippen LogP contribution in [0, 0.1) is 26.7 Å². The van der Waals surface area contributed by atoms with Crippen molar-refractivity contribution in [3.8, 4) is 0 Å². The van der Waals surface area contributed by atoms with Crippen LogP contribution in [0.3, 0.4) is 0 Å². The molecule has 0 saturated carbocycles. The van der Waals surface area contributed by atoms with Crippen LogP contribution in [0.5, 0.6) is 0 Å². The van der Waals surface area contributed by atoms with Gasteiger partial charge in [0.15, 0.2) is 0 Å². The zero-order valence-electron chi connectivity index (χ0n) is 20.1. The molecule has 2 aromatic carbocycles. The van der Waals surface area contributed by atoms with Gasteiger partial charge >= 0.3 is 0 Å². The highest BCUT2D eigenvalue weighted by Crippen LogP contribution is 2.29. The Hall–Kier alpha value is -2.71. The summed E-state index contributed by atoms with van der Waals surface area (Å²) in [5.41, 5.74) is 3.89. The van der Waals surface area contributed by atoms with Crippen LogP contribution in [-0.2, 0) is 19.6 Å². The number of hydrogen-bond acceptors (Lipinski definition) is 4. The fraction of sp³-hybridized carbons (Fsp3) is 0.462. The van der Waals surface area contributed by atoms with E-state index in [9.17, 15) is 18.0 Å². The van der Waals surface area contributed by atoms with Crippen LogP contribution in [0.15, 0.2) is 47.4 Å². The number of piperidine rings is 1. The summed E-state index contributed by atoms with van der Waals surface area (Å²) < 4.78 is 27.4. The number of nitrogens with one attached hydrogen (secondary N) is 1. The van der Waals surface area contributed by atoms with Crippen molar-refractivity contribution in [3.63, 3.8) is 0 Å². The number of nitrogens with zero attached hydrogens (tertiary/aromatic N) is 2. The van der Waals surface area contributed by atoms with E-state index in [2.05, 4.69) is 5.32 Å². The van der Waals surface area contributed by atoms with E-state index < -0.39 is 16.1 Å². The van der Waals surface area contributed by atoms with Crippen LogP contribution >= 0.6 is 0 Å². The zero-order valence-corrected chi connectivity index (χ0v) is 20.9. The smallest absolute Gasteiger partial charge is 0.247 e. The molecule has 1 N–H and O–H groups in total. The summed E-state index contributed by atoms with van der Waals surface area (Å²) in [6, 6.07) is 12.3. The molecule has 2 aromatic rings. The lowest BCUT2D eigenvalue weighted by molar-refractivity contribution is -0.141. The predicted molar refractivity (Wildman–Crippen MR) is 132 cm³/mol. The number of benzene rings is 2.